The van der Waals surface area contributed by atoms with Crippen LogP contribution < -0.4 is 0 Å². The normalized spacial score (nSPS) is 11.7. The van der Waals surface area contributed by atoms with E-state index >= 15 is 0 Å². The molecule has 0 amide bonds. The number of aromatic hydroxyl groups is 1. The van der Waals surface area contributed by atoms with Crippen molar-refractivity contribution in [2.45, 2.75) is 5.75 Å². The lowest BCUT2D eigenvalue weighted by Gasteiger charge is -1.91. The van der Waals surface area contributed by atoms with Crippen LogP contribution in [0.4, 0.5) is 0 Å². The lowest BCUT2D eigenvalue weighted by atomic mass is 10.7. The number of aromatic amines is 1. The van der Waals surface area contributed by atoms with Crippen LogP contribution in [0.5, 0.6) is 5.88 Å². The fourth-order valence-electron chi connectivity index (χ4n) is 0.673. The van der Waals surface area contributed by atoms with Crippen molar-refractivity contribution in [2.75, 3.05) is 6.26 Å². The fourth-order valence-corrected chi connectivity index (χ4v) is 1.32. The maximum atomic E-state index is 10.7. The van der Waals surface area contributed by atoms with Crippen LogP contribution >= 0.6 is 0 Å². The van der Waals surface area contributed by atoms with Crippen molar-refractivity contribution in [2.24, 2.45) is 0 Å². The second-order valence-corrected chi connectivity index (χ2v) is 4.43. The van der Waals surface area contributed by atoms with E-state index in [1.165, 1.54) is 6.20 Å². The molecule has 0 spiro atoms. The Hall–Kier alpha value is -1.04. The van der Waals surface area contributed by atoms with E-state index in [0.717, 1.165) is 6.26 Å². The van der Waals surface area contributed by atoms with Crippen molar-refractivity contribution in [3.8, 4) is 5.88 Å². The first kappa shape index (κ1) is 8.06. The van der Waals surface area contributed by atoms with E-state index in [1.807, 2.05) is 0 Å². The lowest BCUT2D eigenvalue weighted by Crippen LogP contribution is -2.01. The van der Waals surface area contributed by atoms with Gasteiger partial charge < -0.3 is 10.1 Å². The van der Waals surface area contributed by atoms with Gasteiger partial charge in [0.15, 0.2) is 9.84 Å². The molecule has 62 valence electrons. The predicted molar refractivity (Wildman–Crippen MR) is 38.8 cm³/mol. The molecule has 2 N–H and O–H groups in total. The molecule has 0 bridgehead atoms. The number of imidazole rings is 1. The molecule has 1 aromatic rings. The largest absolute Gasteiger partial charge is 0.493 e. The third-order valence-corrected chi connectivity index (χ3v) is 1.81. The highest BCUT2D eigenvalue weighted by atomic mass is 32.2. The standard InChI is InChI=1S/C5H8N2O3S/c1-11(9,10)3-4-6-2-5(8)7-4/h2,8H,3H2,1H3,(H,6,7). The van der Waals surface area contributed by atoms with Crippen LogP contribution in [0.2, 0.25) is 0 Å². The van der Waals surface area contributed by atoms with E-state index in [2.05, 4.69) is 9.97 Å². The maximum absolute atomic E-state index is 10.7. The molecule has 5 nitrogen and oxygen atoms in total. The van der Waals surface area contributed by atoms with E-state index in [1.54, 1.807) is 0 Å². The molecule has 0 aliphatic carbocycles. The van der Waals surface area contributed by atoms with Gasteiger partial charge in [-0.3, -0.25) is 0 Å². The molecular weight excluding hydrogens is 168 g/mol. The van der Waals surface area contributed by atoms with Gasteiger partial charge in [0.1, 0.15) is 11.6 Å². The topological polar surface area (TPSA) is 83.1 Å². The van der Waals surface area contributed by atoms with Crippen LogP contribution in [0, 0.1) is 0 Å². The molecule has 0 fully saturated rings. The van der Waals surface area contributed by atoms with Crippen molar-refractivity contribution in [3.63, 3.8) is 0 Å². The van der Waals surface area contributed by atoms with Crippen LogP contribution in [0.25, 0.3) is 0 Å². The van der Waals surface area contributed by atoms with Gasteiger partial charge >= 0.3 is 0 Å². The first-order valence-corrected chi connectivity index (χ1v) is 4.94. The third kappa shape index (κ3) is 2.58. The van der Waals surface area contributed by atoms with Crippen LogP contribution in [-0.2, 0) is 15.6 Å². The SMILES string of the molecule is CS(=O)(=O)Cc1ncc(O)[nH]1. The zero-order chi connectivity index (χ0) is 8.48. The molecule has 0 radical (unpaired) electrons. The number of hydrogen-bond acceptors (Lipinski definition) is 4. The summed E-state index contributed by atoms with van der Waals surface area (Å²) in [6.45, 7) is 0. The molecule has 1 aromatic heterocycles. The van der Waals surface area contributed by atoms with Crippen LogP contribution in [0.3, 0.4) is 0 Å². The van der Waals surface area contributed by atoms with Crippen molar-refractivity contribution >= 4 is 9.84 Å². The van der Waals surface area contributed by atoms with Crippen LogP contribution in [0.15, 0.2) is 6.20 Å². The van der Waals surface area contributed by atoms with Crippen LogP contribution in [0.1, 0.15) is 5.82 Å². The van der Waals surface area contributed by atoms with Gasteiger partial charge in [0, 0.05) is 6.26 Å². The Kier molecular flexibility index (Phi) is 1.86. The lowest BCUT2D eigenvalue weighted by molar-refractivity contribution is 0.456. The zero-order valence-electron chi connectivity index (χ0n) is 5.90. The zero-order valence-corrected chi connectivity index (χ0v) is 6.72. The first-order valence-electron chi connectivity index (χ1n) is 2.88. The number of nitrogens with zero attached hydrogens (tertiary/aromatic N) is 1. The quantitative estimate of drug-likeness (QED) is 0.645. The van der Waals surface area contributed by atoms with E-state index in [4.69, 9.17) is 5.11 Å². The average Bonchev–Trinajstić information content (AvgIpc) is 2.10. The number of H-pyrrole nitrogens is 1. The summed E-state index contributed by atoms with van der Waals surface area (Å²) < 4.78 is 21.3. The van der Waals surface area contributed by atoms with Gasteiger partial charge in [0.2, 0.25) is 5.88 Å². The summed E-state index contributed by atoms with van der Waals surface area (Å²) in [5, 5.41) is 8.74. The second kappa shape index (κ2) is 2.54. The summed E-state index contributed by atoms with van der Waals surface area (Å²) in [5.41, 5.74) is 0. The molecule has 0 saturated carbocycles. The summed E-state index contributed by atoms with van der Waals surface area (Å²) >= 11 is 0. The number of rotatable bonds is 2. The van der Waals surface area contributed by atoms with Crippen molar-refractivity contribution in [1.29, 1.82) is 0 Å². The van der Waals surface area contributed by atoms with Crippen molar-refractivity contribution in [3.05, 3.63) is 12.0 Å². The molecule has 0 aliphatic rings. The monoisotopic (exact) mass is 176 g/mol. The fraction of sp³-hybridized carbons (Fsp3) is 0.400. The Morgan fingerprint density at radius 3 is 2.73 bits per heavy atom. The van der Waals surface area contributed by atoms with Gasteiger partial charge in [-0.25, -0.2) is 13.4 Å². The van der Waals surface area contributed by atoms with Crippen molar-refractivity contribution in [1.82, 2.24) is 9.97 Å². The highest BCUT2D eigenvalue weighted by Gasteiger charge is 2.06. The van der Waals surface area contributed by atoms with E-state index in [-0.39, 0.29) is 17.5 Å². The Balaban J connectivity index is 2.81. The third-order valence-electron chi connectivity index (χ3n) is 1.01. The van der Waals surface area contributed by atoms with Gasteiger partial charge in [-0.05, 0) is 0 Å². The summed E-state index contributed by atoms with van der Waals surface area (Å²) in [4.78, 5) is 6.01. The van der Waals surface area contributed by atoms with Gasteiger partial charge in [0.25, 0.3) is 0 Å². The highest BCUT2D eigenvalue weighted by molar-refractivity contribution is 7.89. The number of aromatic nitrogens is 2. The first-order chi connectivity index (χ1) is 4.97. The van der Waals surface area contributed by atoms with Gasteiger partial charge in [-0.2, -0.15) is 0 Å². The molecule has 0 aromatic carbocycles. The van der Waals surface area contributed by atoms with Gasteiger partial charge in [0.05, 0.1) is 6.20 Å². The molecular formula is C5H8N2O3S. The molecule has 11 heavy (non-hydrogen) atoms. The molecule has 6 heteroatoms. The molecule has 0 atom stereocenters. The minimum absolute atomic E-state index is 0.122. The number of nitrogens with one attached hydrogen (secondary N) is 1. The predicted octanol–water partition coefficient (Wildman–Crippen LogP) is -0.340. The van der Waals surface area contributed by atoms with Gasteiger partial charge in [-0.15, -0.1) is 0 Å². The second-order valence-electron chi connectivity index (χ2n) is 2.29. The Morgan fingerprint density at radius 2 is 2.36 bits per heavy atom. The van der Waals surface area contributed by atoms with Gasteiger partial charge in [-0.1, -0.05) is 0 Å². The van der Waals surface area contributed by atoms with E-state index < -0.39 is 9.84 Å². The number of sulfone groups is 1. The molecule has 0 saturated heterocycles. The highest BCUT2D eigenvalue weighted by Crippen LogP contribution is 2.05. The molecule has 0 aliphatic heterocycles. The molecule has 0 unspecified atom stereocenters. The average molecular weight is 176 g/mol. The van der Waals surface area contributed by atoms with E-state index in [0.29, 0.717) is 0 Å². The van der Waals surface area contributed by atoms with Crippen LogP contribution in [-0.4, -0.2) is 29.7 Å². The maximum Gasteiger partial charge on any atom is 0.208 e. The summed E-state index contributed by atoms with van der Waals surface area (Å²) in [6, 6.07) is 0. The summed E-state index contributed by atoms with van der Waals surface area (Å²) in [7, 11) is -3.07. The Labute approximate surface area is 64.0 Å². The minimum atomic E-state index is -3.07. The Bertz CT molecular complexity index is 340. The smallest absolute Gasteiger partial charge is 0.208 e. The molecule has 1 heterocycles. The Morgan fingerprint density at radius 1 is 1.73 bits per heavy atom. The summed E-state index contributed by atoms with van der Waals surface area (Å²) in [5.74, 6) is -0.0400. The molecule has 1 rings (SSSR count). The number of hydrogen-bond donors (Lipinski definition) is 2. The van der Waals surface area contributed by atoms with E-state index in [9.17, 15) is 8.42 Å². The summed E-state index contributed by atoms with van der Waals surface area (Å²) in [6.07, 6.45) is 2.27. The minimum Gasteiger partial charge on any atom is -0.493 e. The van der Waals surface area contributed by atoms with Crippen molar-refractivity contribution < 1.29 is 13.5 Å².